The Morgan fingerprint density at radius 3 is 2.50 bits per heavy atom. The lowest BCUT2D eigenvalue weighted by Crippen LogP contribution is -2.41. The molecular weight excluding hydrogens is 280 g/mol. The molecule has 1 fully saturated rings. The van der Waals surface area contributed by atoms with Crippen LogP contribution in [0.25, 0.3) is 16.6 Å². The van der Waals surface area contributed by atoms with E-state index >= 15 is 0 Å². The zero-order valence-electron chi connectivity index (χ0n) is 12.2. The van der Waals surface area contributed by atoms with Gasteiger partial charge in [-0.3, -0.25) is 9.59 Å². The Balaban J connectivity index is 2.01. The molecule has 5 heteroatoms. The predicted molar refractivity (Wildman–Crippen MR) is 82.9 cm³/mol. The number of carbonyl (C=O) groups is 1. The highest BCUT2D eigenvalue weighted by atomic mass is 16.5. The van der Waals surface area contributed by atoms with Crippen molar-refractivity contribution in [2.75, 3.05) is 7.11 Å². The molecule has 0 radical (unpaired) electrons. The second kappa shape index (κ2) is 4.73. The molecule has 1 aliphatic carbocycles. The van der Waals surface area contributed by atoms with E-state index in [9.17, 15) is 9.59 Å². The first kappa shape index (κ1) is 13.1. The standard InChI is InChI=1S/C17H16N2O3/c1-22-17(21)11-8-9-12(11)19-14-6-3-2-5-13(14)18-10-4-7-15(18)16(19)20/h2-7,10-12H,8-9H2,1H3/t11-,12-/m0/s1. The normalized spacial score (nSPS) is 21.0. The maximum Gasteiger partial charge on any atom is 0.310 e. The Morgan fingerprint density at radius 2 is 1.82 bits per heavy atom. The van der Waals surface area contributed by atoms with Crippen LogP contribution in [0.1, 0.15) is 18.9 Å². The molecule has 4 rings (SSSR count). The van der Waals surface area contributed by atoms with Crippen molar-refractivity contribution in [1.29, 1.82) is 0 Å². The van der Waals surface area contributed by atoms with E-state index in [1.807, 2.05) is 47.0 Å². The zero-order valence-corrected chi connectivity index (χ0v) is 12.2. The Kier molecular flexibility index (Phi) is 2.82. The van der Waals surface area contributed by atoms with E-state index in [-0.39, 0.29) is 23.5 Å². The Bertz CT molecular complexity index is 938. The molecule has 0 N–H and O–H groups in total. The van der Waals surface area contributed by atoms with Gasteiger partial charge in [-0.25, -0.2) is 0 Å². The third-order valence-corrected chi connectivity index (χ3v) is 4.66. The predicted octanol–water partition coefficient (Wildman–Crippen LogP) is 2.38. The number of rotatable bonds is 2. The average Bonchev–Trinajstić information content (AvgIpc) is 3.00. The molecule has 0 amide bonds. The first-order chi connectivity index (χ1) is 10.7. The minimum Gasteiger partial charge on any atom is -0.469 e. The molecule has 3 aromatic rings. The number of hydrogen-bond donors (Lipinski definition) is 0. The first-order valence-electron chi connectivity index (χ1n) is 7.40. The topological polar surface area (TPSA) is 52.7 Å². The molecule has 1 aromatic carbocycles. The van der Waals surface area contributed by atoms with Gasteiger partial charge in [-0.1, -0.05) is 12.1 Å². The van der Waals surface area contributed by atoms with Crippen molar-refractivity contribution in [2.24, 2.45) is 5.92 Å². The lowest BCUT2D eigenvalue weighted by Gasteiger charge is -2.36. The minimum absolute atomic E-state index is 0.0534. The monoisotopic (exact) mass is 296 g/mol. The van der Waals surface area contributed by atoms with E-state index in [2.05, 4.69) is 0 Å². The van der Waals surface area contributed by atoms with E-state index < -0.39 is 0 Å². The number of hydrogen-bond acceptors (Lipinski definition) is 3. The number of ether oxygens (including phenoxy) is 1. The first-order valence-corrected chi connectivity index (χ1v) is 7.40. The average molecular weight is 296 g/mol. The Labute approximate surface area is 126 Å². The fourth-order valence-electron chi connectivity index (χ4n) is 3.42. The fourth-order valence-corrected chi connectivity index (χ4v) is 3.42. The van der Waals surface area contributed by atoms with Crippen LogP contribution in [-0.2, 0) is 9.53 Å². The largest absolute Gasteiger partial charge is 0.469 e. The number of esters is 1. The number of benzene rings is 1. The van der Waals surface area contributed by atoms with Gasteiger partial charge < -0.3 is 13.7 Å². The van der Waals surface area contributed by atoms with Gasteiger partial charge in [-0.2, -0.15) is 0 Å². The maximum atomic E-state index is 12.9. The molecular formula is C17H16N2O3. The summed E-state index contributed by atoms with van der Waals surface area (Å²) in [5.41, 5.74) is 2.41. The molecule has 5 nitrogen and oxygen atoms in total. The van der Waals surface area contributed by atoms with Crippen molar-refractivity contribution in [2.45, 2.75) is 18.9 Å². The smallest absolute Gasteiger partial charge is 0.310 e. The van der Waals surface area contributed by atoms with Crippen LogP contribution in [-0.4, -0.2) is 22.0 Å². The van der Waals surface area contributed by atoms with Crippen molar-refractivity contribution in [1.82, 2.24) is 8.97 Å². The maximum absolute atomic E-state index is 12.9. The summed E-state index contributed by atoms with van der Waals surface area (Å²) in [5.74, 6) is -0.467. The Hall–Kier alpha value is -2.56. The van der Waals surface area contributed by atoms with Crippen LogP contribution >= 0.6 is 0 Å². The highest BCUT2D eigenvalue weighted by Gasteiger charge is 2.40. The minimum atomic E-state index is -0.234. The van der Waals surface area contributed by atoms with Crippen molar-refractivity contribution in [3.8, 4) is 0 Å². The van der Waals surface area contributed by atoms with E-state index in [0.29, 0.717) is 5.52 Å². The lowest BCUT2D eigenvalue weighted by molar-refractivity contribution is -0.150. The van der Waals surface area contributed by atoms with Gasteiger partial charge in [0.1, 0.15) is 5.52 Å². The third kappa shape index (κ3) is 1.65. The zero-order chi connectivity index (χ0) is 15.3. The SMILES string of the molecule is COC(=O)[C@H]1CC[C@@H]1n1c(=O)c2cccn2c2ccccc21. The molecule has 22 heavy (non-hydrogen) atoms. The second-order valence-electron chi connectivity index (χ2n) is 5.70. The van der Waals surface area contributed by atoms with Crippen LogP contribution in [0.5, 0.6) is 0 Å². The number of aromatic nitrogens is 2. The summed E-state index contributed by atoms with van der Waals surface area (Å²) in [6.07, 6.45) is 3.48. The highest BCUT2D eigenvalue weighted by Crippen LogP contribution is 2.40. The molecule has 2 atom stereocenters. The Morgan fingerprint density at radius 1 is 1.09 bits per heavy atom. The van der Waals surface area contributed by atoms with Crippen molar-refractivity contribution >= 4 is 22.5 Å². The van der Waals surface area contributed by atoms with Crippen molar-refractivity contribution < 1.29 is 9.53 Å². The van der Waals surface area contributed by atoms with Crippen LogP contribution in [0, 0.1) is 5.92 Å². The molecule has 1 aliphatic rings. The van der Waals surface area contributed by atoms with Gasteiger partial charge in [-0.05, 0) is 37.1 Å². The molecule has 112 valence electrons. The van der Waals surface area contributed by atoms with Crippen LogP contribution in [0.15, 0.2) is 47.4 Å². The van der Waals surface area contributed by atoms with E-state index in [1.54, 1.807) is 4.57 Å². The van der Waals surface area contributed by atoms with Gasteiger partial charge in [0.15, 0.2) is 0 Å². The molecule has 2 aromatic heterocycles. The molecule has 0 bridgehead atoms. The summed E-state index contributed by atoms with van der Waals surface area (Å²) in [4.78, 5) is 24.8. The molecule has 0 unspecified atom stereocenters. The molecule has 0 aliphatic heterocycles. The van der Waals surface area contributed by atoms with E-state index in [1.165, 1.54) is 7.11 Å². The van der Waals surface area contributed by atoms with E-state index in [0.717, 1.165) is 23.9 Å². The summed E-state index contributed by atoms with van der Waals surface area (Å²) in [6.45, 7) is 0. The van der Waals surface area contributed by atoms with Crippen molar-refractivity contribution in [3.05, 3.63) is 52.9 Å². The van der Waals surface area contributed by atoms with Crippen molar-refractivity contribution in [3.63, 3.8) is 0 Å². The lowest BCUT2D eigenvalue weighted by atomic mass is 9.79. The van der Waals surface area contributed by atoms with Gasteiger partial charge in [0.25, 0.3) is 5.56 Å². The molecule has 1 saturated carbocycles. The number of methoxy groups -OCH3 is 1. The second-order valence-corrected chi connectivity index (χ2v) is 5.70. The number of fused-ring (bicyclic) bond motifs is 3. The van der Waals surface area contributed by atoms with Crippen LogP contribution in [0.2, 0.25) is 0 Å². The van der Waals surface area contributed by atoms with Crippen LogP contribution < -0.4 is 5.56 Å². The summed E-state index contributed by atoms with van der Waals surface area (Å²) in [6, 6.07) is 11.4. The number of nitrogens with zero attached hydrogens (tertiary/aromatic N) is 2. The van der Waals surface area contributed by atoms with Crippen LogP contribution in [0.4, 0.5) is 0 Å². The summed E-state index contributed by atoms with van der Waals surface area (Å²) in [5, 5.41) is 0. The van der Waals surface area contributed by atoms with E-state index in [4.69, 9.17) is 4.74 Å². The molecule has 0 spiro atoms. The fraction of sp³-hybridized carbons (Fsp3) is 0.294. The van der Waals surface area contributed by atoms with Gasteiger partial charge in [0.2, 0.25) is 0 Å². The van der Waals surface area contributed by atoms with Gasteiger partial charge in [0, 0.05) is 6.20 Å². The van der Waals surface area contributed by atoms with Gasteiger partial charge in [0.05, 0.1) is 30.1 Å². The summed E-state index contributed by atoms with van der Waals surface area (Å²) < 4.78 is 8.55. The highest BCUT2D eigenvalue weighted by molar-refractivity contribution is 5.80. The summed E-state index contributed by atoms with van der Waals surface area (Å²) in [7, 11) is 1.40. The van der Waals surface area contributed by atoms with Gasteiger partial charge >= 0.3 is 5.97 Å². The summed E-state index contributed by atoms with van der Waals surface area (Å²) >= 11 is 0. The number of carbonyl (C=O) groups excluding carboxylic acids is 1. The van der Waals surface area contributed by atoms with Gasteiger partial charge in [-0.15, -0.1) is 0 Å². The third-order valence-electron chi connectivity index (χ3n) is 4.66. The number of para-hydroxylation sites is 2. The quantitative estimate of drug-likeness (QED) is 0.682. The van der Waals surface area contributed by atoms with Crippen LogP contribution in [0.3, 0.4) is 0 Å². The molecule has 0 saturated heterocycles. The molecule has 2 heterocycles.